The fourth-order valence-corrected chi connectivity index (χ4v) is 2.67. The van der Waals surface area contributed by atoms with Gasteiger partial charge in [0.2, 0.25) is 6.41 Å². The van der Waals surface area contributed by atoms with Crippen molar-refractivity contribution in [1.82, 2.24) is 5.43 Å². The van der Waals surface area contributed by atoms with Gasteiger partial charge in [-0.2, -0.15) is 0 Å². The maximum absolute atomic E-state index is 8.94. The Labute approximate surface area is 186 Å². The summed E-state index contributed by atoms with van der Waals surface area (Å²) in [6.07, 6.45) is 3.26. The molecular weight excluding hydrogens is 420 g/mol. The predicted octanol–water partition coefficient (Wildman–Crippen LogP) is 2.64. The minimum absolute atomic E-state index is 0.117. The quantitative estimate of drug-likeness (QED) is 0.131. The topological polar surface area (TPSA) is 151 Å². The Bertz CT molecular complexity index is 947. The summed E-state index contributed by atoms with van der Waals surface area (Å²) >= 11 is 5.48. The van der Waals surface area contributed by atoms with Crippen molar-refractivity contribution in [2.24, 2.45) is 11.7 Å². The van der Waals surface area contributed by atoms with Crippen LogP contribution in [0.15, 0.2) is 48.6 Å². The second-order valence-electron chi connectivity index (χ2n) is 6.22. The van der Waals surface area contributed by atoms with E-state index >= 15 is 0 Å². The molecule has 9 nitrogen and oxygen atoms in total. The Hall–Kier alpha value is -3.40. The molecule has 0 atom stereocenters. The fraction of sp³-hybridized carbons (Fsp3) is 0.190. The van der Waals surface area contributed by atoms with Crippen molar-refractivity contribution in [2.75, 3.05) is 19.2 Å². The van der Waals surface area contributed by atoms with Crippen LogP contribution in [0.1, 0.15) is 16.7 Å². The number of methoxy groups -OCH3 is 1. The van der Waals surface area contributed by atoms with Crippen LogP contribution < -0.4 is 31.6 Å². The number of hydrogen-bond acceptors (Lipinski definition) is 8. The average Bonchev–Trinajstić information content (AvgIpc) is 2.76. The van der Waals surface area contributed by atoms with Gasteiger partial charge in [-0.15, -0.1) is 0 Å². The summed E-state index contributed by atoms with van der Waals surface area (Å²) in [5.74, 6) is 11.7. The Morgan fingerprint density at radius 1 is 1.23 bits per heavy atom. The van der Waals surface area contributed by atoms with E-state index in [1.807, 2.05) is 37.3 Å². The third kappa shape index (κ3) is 8.09. The first-order valence-corrected chi connectivity index (χ1v) is 9.41. The van der Waals surface area contributed by atoms with Gasteiger partial charge in [0, 0.05) is 7.05 Å². The van der Waals surface area contributed by atoms with E-state index < -0.39 is 0 Å². The Morgan fingerprint density at radius 2 is 1.90 bits per heavy atom. The van der Waals surface area contributed by atoms with Gasteiger partial charge in [-0.05, 0) is 60.5 Å². The molecule has 31 heavy (non-hydrogen) atoms. The third-order valence-corrected chi connectivity index (χ3v) is 4.16. The maximum Gasteiger partial charge on any atom is 0.221 e. The molecule has 2 rings (SSSR count). The summed E-state index contributed by atoms with van der Waals surface area (Å²) < 4.78 is 11.4. The number of ether oxygens (including phenoxy) is 2. The number of hydrazine groups is 2. The summed E-state index contributed by atoms with van der Waals surface area (Å²) in [5.41, 5.74) is 5.30. The third-order valence-electron chi connectivity index (χ3n) is 4.03. The molecule has 0 unspecified atom stereocenters. The number of carbonyl (C=O) groups is 1. The van der Waals surface area contributed by atoms with E-state index in [0.29, 0.717) is 30.1 Å². The molecule has 0 aliphatic carbocycles. The molecular formula is C21H27ClN6O3. The molecule has 0 aromatic heterocycles. The smallest absolute Gasteiger partial charge is 0.221 e. The molecule has 0 heterocycles. The van der Waals surface area contributed by atoms with Crippen molar-refractivity contribution in [1.29, 1.82) is 10.8 Å². The van der Waals surface area contributed by atoms with Gasteiger partial charge >= 0.3 is 0 Å². The number of rotatable bonds is 9. The highest BCUT2D eigenvalue weighted by atomic mass is 35.5. The first-order chi connectivity index (χ1) is 14.7. The van der Waals surface area contributed by atoms with E-state index in [0.717, 1.165) is 16.8 Å². The number of allylic oxidation sites excluding steroid dienone is 2. The Kier molecular flexibility index (Phi) is 10.8. The number of benzene rings is 2. The van der Waals surface area contributed by atoms with Crippen LogP contribution in [-0.2, 0) is 11.4 Å². The van der Waals surface area contributed by atoms with Crippen molar-refractivity contribution in [3.8, 4) is 11.5 Å². The second-order valence-corrected chi connectivity index (χ2v) is 6.62. The Balaban J connectivity index is 0.00000110. The average molecular weight is 447 g/mol. The van der Waals surface area contributed by atoms with Crippen molar-refractivity contribution in [3.05, 3.63) is 65.2 Å². The fourth-order valence-electron chi connectivity index (χ4n) is 2.60. The summed E-state index contributed by atoms with van der Waals surface area (Å²) in [6, 6.07) is 11.1. The van der Waals surface area contributed by atoms with Crippen LogP contribution in [0.2, 0.25) is 0 Å². The SMILES string of the molecule is COc1cccc(N(C)N)c1COc1ccc(C(=N)/C=C\C(=N)Cl)cc1C.NNC=O. The predicted molar refractivity (Wildman–Crippen MR) is 124 cm³/mol. The van der Waals surface area contributed by atoms with Gasteiger partial charge in [0.15, 0.2) is 0 Å². The van der Waals surface area contributed by atoms with Crippen molar-refractivity contribution in [3.63, 3.8) is 0 Å². The van der Waals surface area contributed by atoms with Crippen LogP contribution in [0.25, 0.3) is 0 Å². The molecule has 0 aliphatic heterocycles. The number of amides is 1. The van der Waals surface area contributed by atoms with Gasteiger partial charge in [0.05, 0.1) is 24.1 Å². The van der Waals surface area contributed by atoms with Gasteiger partial charge in [-0.1, -0.05) is 17.7 Å². The molecule has 0 bridgehead atoms. The van der Waals surface area contributed by atoms with Crippen LogP contribution in [0.5, 0.6) is 11.5 Å². The molecule has 0 saturated carbocycles. The van der Waals surface area contributed by atoms with E-state index in [2.05, 4.69) is 5.84 Å². The number of carbonyl (C=O) groups excluding carboxylic acids is 1. The number of hydrogen-bond donors (Lipinski definition) is 5. The van der Waals surface area contributed by atoms with Gasteiger partial charge in [0.1, 0.15) is 23.3 Å². The van der Waals surface area contributed by atoms with E-state index in [-0.39, 0.29) is 10.9 Å². The van der Waals surface area contributed by atoms with E-state index in [1.165, 1.54) is 17.2 Å². The zero-order valence-corrected chi connectivity index (χ0v) is 18.4. The summed E-state index contributed by atoms with van der Waals surface area (Å²) in [5, 5.41) is 16.6. The molecule has 2 aromatic carbocycles. The summed E-state index contributed by atoms with van der Waals surface area (Å²) in [7, 11) is 3.37. The summed E-state index contributed by atoms with van der Waals surface area (Å²) in [6.45, 7) is 2.21. The van der Waals surface area contributed by atoms with Crippen molar-refractivity contribution < 1.29 is 14.3 Å². The molecule has 0 aliphatic rings. The largest absolute Gasteiger partial charge is 0.496 e. The minimum atomic E-state index is -0.117. The monoisotopic (exact) mass is 446 g/mol. The highest BCUT2D eigenvalue weighted by Crippen LogP contribution is 2.30. The highest BCUT2D eigenvalue weighted by molar-refractivity contribution is 6.67. The zero-order chi connectivity index (χ0) is 23.4. The number of anilines is 1. The first kappa shape index (κ1) is 25.6. The van der Waals surface area contributed by atoms with Gasteiger partial charge in [-0.3, -0.25) is 15.6 Å². The summed E-state index contributed by atoms with van der Waals surface area (Å²) in [4.78, 5) is 8.94. The van der Waals surface area contributed by atoms with Gasteiger partial charge in [-0.25, -0.2) is 11.7 Å². The lowest BCUT2D eigenvalue weighted by Gasteiger charge is -2.20. The Morgan fingerprint density at radius 3 is 2.42 bits per heavy atom. The van der Waals surface area contributed by atoms with Crippen LogP contribution >= 0.6 is 11.6 Å². The van der Waals surface area contributed by atoms with E-state index in [9.17, 15) is 0 Å². The molecule has 0 saturated heterocycles. The maximum atomic E-state index is 8.94. The molecule has 1 amide bonds. The molecule has 0 radical (unpaired) electrons. The molecule has 7 N–H and O–H groups in total. The highest BCUT2D eigenvalue weighted by Gasteiger charge is 2.13. The van der Waals surface area contributed by atoms with Crippen molar-refractivity contribution >= 4 is 34.6 Å². The molecule has 0 spiro atoms. The number of halogens is 1. The lowest BCUT2D eigenvalue weighted by atomic mass is 10.1. The number of nitrogens with one attached hydrogen (secondary N) is 3. The molecule has 2 aromatic rings. The lowest BCUT2D eigenvalue weighted by molar-refractivity contribution is -0.109. The zero-order valence-electron chi connectivity index (χ0n) is 17.6. The van der Waals surface area contributed by atoms with Gasteiger partial charge < -0.3 is 19.9 Å². The van der Waals surface area contributed by atoms with Crippen LogP contribution in [-0.4, -0.2) is 31.5 Å². The number of aryl methyl sites for hydroxylation is 1. The second kappa shape index (κ2) is 13.0. The van der Waals surface area contributed by atoms with Crippen molar-refractivity contribution in [2.45, 2.75) is 13.5 Å². The number of nitrogens with two attached hydrogens (primary N) is 2. The molecule has 0 fully saturated rings. The molecule has 10 heteroatoms. The van der Waals surface area contributed by atoms with Gasteiger partial charge in [0.25, 0.3) is 0 Å². The van der Waals surface area contributed by atoms with Crippen LogP contribution in [0.4, 0.5) is 5.69 Å². The van der Waals surface area contributed by atoms with E-state index in [1.54, 1.807) is 25.6 Å². The lowest BCUT2D eigenvalue weighted by Crippen LogP contribution is -2.26. The standard InChI is InChI=1S/C20H23ClN4O2.CH4N2O/c1-13-11-14(16(22)8-10-20(21)23)7-9-18(13)27-12-15-17(25(2)24)5-4-6-19(15)26-3;2-3-1-4/h4-11,22-23H,12,24H2,1-3H3;1H,2H2,(H,3,4)/b10-8-,22-16?,23-20?;. The van der Waals surface area contributed by atoms with E-state index in [4.69, 9.17) is 42.5 Å². The minimum Gasteiger partial charge on any atom is -0.496 e. The normalized spacial score (nSPS) is 10.0. The molecule has 166 valence electrons. The first-order valence-electron chi connectivity index (χ1n) is 9.03. The van der Waals surface area contributed by atoms with Crippen LogP contribution in [0.3, 0.4) is 0 Å². The van der Waals surface area contributed by atoms with Crippen LogP contribution in [0, 0.1) is 17.7 Å². The number of nitrogens with zero attached hydrogens (tertiary/aromatic N) is 1.